The third-order valence-electron chi connectivity index (χ3n) is 5.38. The summed E-state index contributed by atoms with van der Waals surface area (Å²) in [5.41, 5.74) is 7.41. The van der Waals surface area contributed by atoms with E-state index in [1.54, 1.807) is 0 Å². The Labute approximate surface area is 68.3 Å². The zero-order valence-electron chi connectivity index (χ0n) is 7.59. The summed E-state index contributed by atoms with van der Waals surface area (Å²) in [6.45, 7) is 7.21. The van der Waals surface area contributed by atoms with E-state index in [2.05, 4.69) is 20.8 Å². The number of nitrogens with two attached hydrogens (primary N) is 1. The van der Waals surface area contributed by atoms with Crippen molar-refractivity contribution >= 4 is 0 Å². The van der Waals surface area contributed by atoms with Gasteiger partial charge in [0.15, 0.2) is 0 Å². The van der Waals surface area contributed by atoms with Gasteiger partial charge in [0.25, 0.3) is 0 Å². The second-order valence-electron chi connectivity index (χ2n) is 5.42. The third-order valence-corrected chi connectivity index (χ3v) is 5.38. The normalized spacial score (nSPS) is 68.7. The van der Waals surface area contributed by atoms with Crippen LogP contribution in [0.5, 0.6) is 0 Å². The lowest BCUT2D eigenvalue weighted by Gasteiger charge is -2.58. The fraction of sp³-hybridized carbons (Fsp3) is 1.00. The molecule has 0 aromatic rings. The van der Waals surface area contributed by atoms with Gasteiger partial charge >= 0.3 is 0 Å². The first-order valence-electron chi connectivity index (χ1n) is 4.80. The van der Waals surface area contributed by atoms with Gasteiger partial charge in [-0.25, -0.2) is 0 Å². The minimum atomic E-state index is 0.535. The Morgan fingerprint density at radius 1 is 1.36 bits per heavy atom. The SMILES string of the molecule is CC1C(N)C2CC3C(C)(C)C123. The van der Waals surface area contributed by atoms with E-state index in [-0.39, 0.29) is 0 Å². The Morgan fingerprint density at radius 2 is 2.00 bits per heavy atom. The van der Waals surface area contributed by atoms with E-state index in [4.69, 9.17) is 5.73 Å². The summed E-state index contributed by atoms with van der Waals surface area (Å²) in [5.74, 6) is 2.74. The van der Waals surface area contributed by atoms with E-state index in [1.807, 2.05) is 0 Å². The molecule has 0 aromatic carbocycles. The second-order valence-corrected chi connectivity index (χ2v) is 5.42. The van der Waals surface area contributed by atoms with Crippen molar-refractivity contribution in [3.05, 3.63) is 0 Å². The van der Waals surface area contributed by atoms with Crippen LogP contribution in [-0.2, 0) is 0 Å². The molecule has 1 spiro atoms. The maximum atomic E-state index is 6.04. The van der Waals surface area contributed by atoms with Crippen molar-refractivity contribution < 1.29 is 0 Å². The van der Waals surface area contributed by atoms with Gasteiger partial charge in [0.05, 0.1) is 0 Å². The van der Waals surface area contributed by atoms with Crippen LogP contribution in [0, 0.1) is 28.6 Å². The molecule has 1 heteroatoms. The molecule has 0 amide bonds. The van der Waals surface area contributed by atoms with Gasteiger partial charge in [-0.15, -0.1) is 0 Å². The summed E-state index contributed by atoms with van der Waals surface area (Å²) in [6.07, 6.45) is 1.43. The van der Waals surface area contributed by atoms with E-state index >= 15 is 0 Å². The van der Waals surface area contributed by atoms with Crippen molar-refractivity contribution in [3.8, 4) is 0 Å². The van der Waals surface area contributed by atoms with Gasteiger partial charge in [-0.05, 0) is 35.0 Å². The molecule has 3 aliphatic carbocycles. The largest absolute Gasteiger partial charge is 0.327 e. The minimum Gasteiger partial charge on any atom is -0.327 e. The summed E-state index contributed by atoms with van der Waals surface area (Å²) < 4.78 is 0. The van der Waals surface area contributed by atoms with E-state index in [1.165, 1.54) is 6.42 Å². The maximum absolute atomic E-state index is 6.04. The Hall–Kier alpha value is -0.0400. The fourth-order valence-corrected chi connectivity index (χ4v) is 4.72. The summed E-state index contributed by atoms with van der Waals surface area (Å²) in [7, 11) is 0. The summed E-state index contributed by atoms with van der Waals surface area (Å²) in [6, 6.07) is 0.535. The zero-order valence-corrected chi connectivity index (χ0v) is 7.59. The Bertz CT molecular complexity index is 225. The summed E-state index contributed by atoms with van der Waals surface area (Å²) >= 11 is 0. The van der Waals surface area contributed by atoms with E-state index in [0.717, 1.165) is 23.2 Å². The van der Waals surface area contributed by atoms with Gasteiger partial charge in [0.1, 0.15) is 0 Å². The molecular formula is C10H17N. The average Bonchev–Trinajstić information content (AvgIpc) is 2.25. The van der Waals surface area contributed by atoms with Crippen LogP contribution < -0.4 is 5.73 Å². The Morgan fingerprint density at radius 3 is 2.27 bits per heavy atom. The van der Waals surface area contributed by atoms with Crippen LogP contribution in [-0.4, -0.2) is 6.04 Å². The maximum Gasteiger partial charge on any atom is 0.0105 e. The van der Waals surface area contributed by atoms with Gasteiger partial charge in [0, 0.05) is 6.04 Å². The number of rotatable bonds is 0. The van der Waals surface area contributed by atoms with Crippen molar-refractivity contribution in [2.45, 2.75) is 33.2 Å². The highest BCUT2D eigenvalue weighted by molar-refractivity contribution is 5.37. The molecular weight excluding hydrogens is 134 g/mol. The van der Waals surface area contributed by atoms with Crippen LogP contribution in [0.3, 0.4) is 0 Å². The fourth-order valence-electron chi connectivity index (χ4n) is 4.72. The third kappa shape index (κ3) is 0.342. The van der Waals surface area contributed by atoms with Crippen LogP contribution in [0.4, 0.5) is 0 Å². The quantitative estimate of drug-likeness (QED) is 0.559. The van der Waals surface area contributed by atoms with Crippen LogP contribution >= 0.6 is 0 Å². The first kappa shape index (κ1) is 6.47. The van der Waals surface area contributed by atoms with Crippen molar-refractivity contribution in [1.82, 2.24) is 0 Å². The van der Waals surface area contributed by atoms with Crippen LogP contribution in [0.15, 0.2) is 0 Å². The van der Waals surface area contributed by atoms with Crippen LogP contribution in [0.1, 0.15) is 27.2 Å². The first-order chi connectivity index (χ1) is 5.04. The van der Waals surface area contributed by atoms with E-state index < -0.39 is 0 Å². The molecule has 0 saturated heterocycles. The molecule has 5 unspecified atom stereocenters. The number of hydrogen-bond acceptors (Lipinski definition) is 1. The Balaban J connectivity index is 1.98. The molecule has 3 saturated carbocycles. The molecule has 0 heterocycles. The van der Waals surface area contributed by atoms with Crippen LogP contribution in [0.25, 0.3) is 0 Å². The predicted octanol–water partition coefficient (Wildman–Crippen LogP) is 1.63. The molecule has 1 nitrogen and oxygen atoms in total. The summed E-state index contributed by atoms with van der Waals surface area (Å²) in [4.78, 5) is 0. The highest BCUT2D eigenvalue weighted by Crippen LogP contribution is 2.91. The topological polar surface area (TPSA) is 26.0 Å². The van der Waals surface area contributed by atoms with Crippen molar-refractivity contribution in [1.29, 1.82) is 0 Å². The smallest absolute Gasteiger partial charge is 0.0105 e. The van der Waals surface area contributed by atoms with E-state index in [9.17, 15) is 0 Å². The molecule has 3 fully saturated rings. The number of hydrogen-bond donors (Lipinski definition) is 1. The second kappa shape index (κ2) is 1.28. The molecule has 11 heavy (non-hydrogen) atoms. The van der Waals surface area contributed by atoms with Gasteiger partial charge in [-0.3, -0.25) is 0 Å². The lowest BCUT2D eigenvalue weighted by Crippen LogP contribution is -2.63. The van der Waals surface area contributed by atoms with Gasteiger partial charge in [-0.1, -0.05) is 20.8 Å². The highest BCUT2D eigenvalue weighted by atomic mass is 15.0. The predicted molar refractivity (Wildman–Crippen MR) is 45.0 cm³/mol. The zero-order chi connectivity index (χ0) is 8.02. The lowest BCUT2D eigenvalue weighted by atomic mass is 9.48. The van der Waals surface area contributed by atoms with Gasteiger partial charge in [0.2, 0.25) is 0 Å². The van der Waals surface area contributed by atoms with Gasteiger partial charge < -0.3 is 5.73 Å². The molecule has 0 bridgehead atoms. The van der Waals surface area contributed by atoms with E-state index in [0.29, 0.717) is 11.5 Å². The van der Waals surface area contributed by atoms with Gasteiger partial charge in [-0.2, -0.15) is 0 Å². The summed E-state index contributed by atoms with van der Waals surface area (Å²) in [5, 5.41) is 0. The molecule has 0 aromatic heterocycles. The van der Waals surface area contributed by atoms with Crippen molar-refractivity contribution in [3.63, 3.8) is 0 Å². The molecule has 62 valence electrons. The highest BCUT2D eigenvalue weighted by Gasteiger charge is 2.88. The lowest BCUT2D eigenvalue weighted by molar-refractivity contribution is -0.0726. The average molecular weight is 151 g/mol. The monoisotopic (exact) mass is 151 g/mol. The molecule has 0 aliphatic heterocycles. The molecule has 3 aliphatic rings. The first-order valence-corrected chi connectivity index (χ1v) is 4.80. The van der Waals surface area contributed by atoms with Crippen LogP contribution in [0.2, 0.25) is 0 Å². The molecule has 2 N–H and O–H groups in total. The van der Waals surface area contributed by atoms with Crippen molar-refractivity contribution in [2.75, 3.05) is 0 Å². The molecule has 0 radical (unpaired) electrons. The molecule has 3 rings (SSSR count). The minimum absolute atomic E-state index is 0.535. The van der Waals surface area contributed by atoms with Crippen molar-refractivity contribution in [2.24, 2.45) is 34.3 Å². The standard InChI is InChI=1S/C10H17N/c1-5-8(11)6-4-7-9(2,3)10(5,6)7/h5-8H,4,11H2,1-3H3. The molecule has 5 atom stereocenters. The Kier molecular flexibility index (Phi) is 0.755.